The first-order valence-corrected chi connectivity index (χ1v) is 10.7. The van der Waals surface area contributed by atoms with Gasteiger partial charge in [-0.05, 0) is 43.0 Å². The molecule has 29 heavy (non-hydrogen) atoms. The van der Waals surface area contributed by atoms with E-state index < -0.39 is 0 Å². The number of anilines is 1. The summed E-state index contributed by atoms with van der Waals surface area (Å²) in [7, 11) is 0. The van der Waals surface area contributed by atoms with Gasteiger partial charge in [-0.15, -0.1) is 11.3 Å². The molecule has 0 spiro atoms. The molecule has 2 aromatic carbocycles. The summed E-state index contributed by atoms with van der Waals surface area (Å²) in [5, 5.41) is 5.16. The SMILES string of the molecule is Cc1ccccc1C1CCCN1C(=O)Cc1csc(NC(=O)c2ccccc2)n1. The van der Waals surface area contributed by atoms with Crippen LogP contribution >= 0.6 is 11.3 Å². The lowest BCUT2D eigenvalue weighted by Crippen LogP contribution is -2.32. The number of hydrogen-bond acceptors (Lipinski definition) is 4. The summed E-state index contributed by atoms with van der Waals surface area (Å²) in [6.07, 6.45) is 2.26. The normalized spacial score (nSPS) is 16.0. The zero-order valence-electron chi connectivity index (χ0n) is 16.3. The van der Waals surface area contributed by atoms with Gasteiger partial charge in [-0.25, -0.2) is 4.98 Å². The summed E-state index contributed by atoms with van der Waals surface area (Å²) in [4.78, 5) is 31.7. The van der Waals surface area contributed by atoms with E-state index in [9.17, 15) is 9.59 Å². The molecule has 4 rings (SSSR count). The number of likely N-dealkylation sites (tertiary alicyclic amines) is 1. The zero-order chi connectivity index (χ0) is 20.2. The Balaban J connectivity index is 1.41. The fraction of sp³-hybridized carbons (Fsp3) is 0.261. The van der Waals surface area contributed by atoms with E-state index >= 15 is 0 Å². The predicted octanol–water partition coefficient (Wildman–Crippen LogP) is 4.61. The van der Waals surface area contributed by atoms with E-state index in [-0.39, 0.29) is 24.3 Å². The molecule has 2 amide bonds. The van der Waals surface area contributed by atoms with Crippen LogP contribution in [0, 0.1) is 6.92 Å². The van der Waals surface area contributed by atoms with E-state index in [1.165, 1.54) is 22.5 Å². The van der Waals surface area contributed by atoms with Gasteiger partial charge in [-0.3, -0.25) is 14.9 Å². The van der Waals surface area contributed by atoms with Crippen LogP contribution in [0.5, 0.6) is 0 Å². The van der Waals surface area contributed by atoms with Gasteiger partial charge >= 0.3 is 0 Å². The Morgan fingerprint density at radius 2 is 1.90 bits per heavy atom. The summed E-state index contributed by atoms with van der Waals surface area (Å²) in [5.74, 6) is -0.112. The standard InChI is InChI=1S/C23H23N3O2S/c1-16-8-5-6-11-19(16)20-12-7-13-26(20)21(27)14-18-15-29-23(24-18)25-22(28)17-9-3-2-4-10-17/h2-6,8-11,15,20H,7,12-14H2,1H3,(H,24,25,28). The number of hydrogen-bond donors (Lipinski definition) is 1. The number of amides is 2. The number of thiazole rings is 1. The van der Waals surface area contributed by atoms with Crippen LogP contribution in [0.1, 0.15) is 46.1 Å². The van der Waals surface area contributed by atoms with Crippen molar-refractivity contribution < 1.29 is 9.59 Å². The number of rotatable bonds is 5. The van der Waals surface area contributed by atoms with E-state index in [1.54, 1.807) is 12.1 Å². The highest BCUT2D eigenvalue weighted by Gasteiger charge is 2.30. The van der Waals surface area contributed by atoms with Crippen LogP contribution in [0.25, 0.3) is 0 Å². The van der Waals surface area contributed by atoms with E-state index in [0.29, 0.717) is 16.4 Å². The average Bonchev–Trinajstić information content (AvgIpc) is 3.38. The third-order valence-corrected chi connectivity index (χ3v) is 6.07. The number of nitrogens with one attached hydrogen (secondary N) is 1. The third kappa shape index (κ3) is 4.38. The van der Waals surface area contributed by atoms with Crippen molar-refractivity contribution in [2.45, 2.75) is 32.2 Å². The van der Waals surface area contributed by atoms with Gasteiger partial charge in [0.1, 0.15) is 0 Å². The van der Waals surface area contributed by atoms with Crippen molar-refractivity contribution in [3.63, 3.8) is 0 Å². The van der Waals surface area contributed by atoms with Crippen LogP contribution in [0.15, 0.2) is 60.0 Å². The molecule has 1 aromatic heterocycles. The Labute approximate surface area is 174 Å². The van der Waals surface area contributed by atoms with Crippen LogP contribution < -0.4 is 5.32 Å². The van der Waals surface area contributed by atoms with Gasteiger partial charge in [-0.1, -0.05) is 42.5 Å². The molecule has 1 aliphatic rings. The molecule has 148 valence electrons. The van der Waals surface area contributed by atoms with Crippen LogP contribution in [-0.2, 0) is 11.2 Å². The lowest BCUT2D eigenvalue weighted by molar-refractivity contribution is -0.131. The lowest BCUT2D eigenvalue weighted by Gasteiger charge is -2.26. The van der Waals surface area contributed by atoms with Crippen molar-refractivity contribution in [2.24, 2.45) is 0 Å². The first-order chi connectivity index (χ1) is 14.1. The molecule has 6 heteroatoms. The summed E-state index contributed by atoms with van der Waals surface area (Å²) in [6.45, 7) is 2.87. The Bertz CT molecular complexity index is 1020. The van der Waals surface area contributed by atoms with Crippen molar-refractivity contribution in [3.05, 3.63) is 82.4 Å². The number of aromatic nitrogens is 1. The number of carbonyl (C=O) groups is 2. The molecule has 1 unspecified atom stereocenters. The Kier molecular flexibility index (Phi) is 5.71. The first kappa shape index (κ1) is 19.3. The van der Waals surface area contributed by atoms with Gasteiger partial charge in [0.2, 0.25) is 5.91 Å². The molecule has 0 bridgehead atoms. The highest BCUT2D eigenvalue weighted by molar-refractivity contribution is 7.14. The van der Waals surface area contributed by atoms with Gasteiger partial charge in [0, 0.05) is 17.5 Å². The van der Waals surface area contributed by atoms with Gasteiger partial charge in [0.25, 0.3) is 5.91 Å². The molecule has 1 saturated heterocycles. The molecule has 0 aliphatic carbocycles. The second-order valence-corrected chi connectivity index (χ2v) is 8.10. The van der Waals surface area contributed by atoms with Crippen LogP contribution in [0.2, 0.25) is 0 Å². The fourth-order valence-electron chi connectivity index (χ4n) is 3.81. The summed E-state index contributed by atoms with van der Waals surface area (Å²) in [5.41, 5.74) is 3.72. The van der Waals surface area contributed by atoms with E-state index in [1.807, 2.05) is 40.6 Å². The highest BCUT2D eigenvalue weighted by atomic mass is 32.1. The minimum atomic E-state index is -0.197. The Morgan fingerprint density at radius 1 is 1.14 bits per heavy atom. The quantitative estimate of drug-likeness (QED) is 0.674. The second-order valence-electron chi connectivity index (χ2n) is 7.24. The third-order valence-electron chi connectivity index (χ3n) is 5.26. The number of nitrogens with zero attached hydrogens (tertiary/aromatic N) is 2. The Hall–Kier alpha value is -2.99. The number of carbonyl (C=O) groups excluding carboxylic acids is 2. The molecular weight excluding hydrogens is 382 g/mol. The molecule has 5 nitrogen and oxygen atoms in total. The molecule has 1 atom stereocenters. The second kappa shape index (κ2) is 8.57. The minimum absolute atomic E-state index is 0.0852. The highest BCUT2D eigenvalue weighted by Crippen LogP contribution is 2.34. The van der Waals surface area contributed by atoms with Gasteiger partial charge < -0.3 is 4.90 Å². The molecule has 1 fully saturated rings. The van der Waals surface area contributed by atoms with Crippen LogP contribution in [0.3, 0.4) is 0 Å². The molecule has 0 saturated carbocycles. The molecule has 3 aromatic rings. The van der Waals surface area contributed by atoms with Crippen LogP contribution in [-0.4, -0.2) is 28.2 Å². The summed E-state index contributed by atoms with van der Waals surface area (Å²) >= 11 is 1.34. The maximum absolute atomic E-state index is 13.0. The van der Waals surface area contributed by atoms with Gasteiger partial charge in [0.05, 0.1) is 18.2 Å². The topological polar surface area (TPSA) is 62.3 Å². The van der Waals surface area contributed by atoms with Gasteiger partial charge in [-0.2, -0.15) is 0 Å². The first-order valence-electron chi connectivity index (χ1n) is 9.77. The van der Waals surface area contributed by atoms with Crippen molar-refractivity contribution in [1.29, 1.82) is 0 Å². The molecule has 0 radical (unpaired) electrons. The van der Waals surface area contributed by atoms with Crippen molar-refractivity contribution in [3.8, 4) is 0 Å². The predicted molar refractivity (Wildman–Crippen MR) is 115 cm³/mol. The summed E-state index contributed by atoms with van der Waals surface area (Å²) in [6, 6.07) is 17.4. The minimum Gasteiger partial charge on any atom is -0.335 e. The molecule has 1 N–H and O–H groups in total. The monoisotopic (exact) mass is 405 g/mol. The van der Waals surface area contributed by atoms with E-state index in [4.69, 9.17) is 0 Å². The van der Waals surface area contributed by atoms with Gasteiger partial charge in [0.15, 0.2) is 5.13 Å². The van der Waals surface area contributed by atoms with E-state index in [2.05, 4.69) is 29.4 Å². The number of aryl methyl sites for hydroxylation is 1. The van der Waals surface area contributed by atoms with Crippen LogP contribution in [0.4, 0.5) is 5.13 Å². The largest absolute Gasteiger partial charge is 0.335 e. The zero-order valence-corrected chi connectivity index (χ0v) is 17.1. The average molecular weight is 406 g/mol. The van der Waals surface area contributed by atoms with Crippen molar-refractivity contribution in [2.75, 3.05) is 11.9 Å². The molecule has 2 heterocycles. The van der Waals surface area contributed by atoms with E-state index in [0.717, 1.165) is 19.4 Å². The fourth-order valence-corrected chi connectivity index (χ4v) is 4.52. The number of benzene rings is 2. The molecule has 1 aliphatic heterocycles. The Morgan fingerprint density at radius 3 is 2.69 bits per heavy atom. The van der Waals surface area contributed by atoms with Crippen molar-refractivity contribution >= 4 is 28.3 Å². The van der Waals surface area contributed by atoms with Crippen molar-refractivity contribution in [1.82, 2.24) is 9.88 Å². The maximum atomic E-state index is 13.0. The lowest BCUT2D eigenvalue weighted by atomic mass is 9.99. The maximum Gasteiger partial charge on any atom is 0.257 e. The smallest absolute Gasteiger partial charge is 0.257 e. The molecular formula is C23H23N3O2S. The summed E-state index contributed by atoms with van der Waals surface area (Å²) < 4.78 is 0.